The predicted molar refractivity (Wildman–Crippen MR) is 37.5 cm³/mol. The quantitative estimate of drug-likeness (QED) is 0.547. The van der Waals surface area contributed by atoms with Crippen LogP contribution < -0.4 is 0 Å². The van der Waals surface area contributed by atoms with Crippen molar-refractivity contribution in [3.05, 3.63) is 6.42 Å². The molecule has 3 heteroatoms. The number of ether oxygens (including phenoxy) is 1. The SMILES string of the molecule is CC(C)OC(=O)N1C[CH]C1. The molecule has 1 saturated heterocycles. The minimum atomic E-state index is -0.197. The van der Waals surface area contributed by atoms with E-state index in [-0.39, 0.29) is 12.2 Å². The van der Waals surface area contributed by atoms with Gasteiger partial charge in [-0.1, -0.05) is 0 Å². The van der Waals surface area contributed by atoms with Gasteiger partial charge in [-0.2, -0.15) is 0 Å². The number of likely N-dealkylation sites (tertiary alicyclic amines) is 1. The van der Waals surface area contributed by atoms with Crippen LogP contribution in [0.5, 0.6) is 0 Å². The molecule has 0 aliphatic carbocycles. The highest BCUT2D eigenvalue weighted by Crippen LogP contribution is 2.07. The Morgan fingerprint density at radius 2 is 2.20 bits per heavy atom. The molecule has 3 nitrogen and oxygen atoms in total. The van der Waals surface area contributed by atoms with E-state index in [9.17, 15) is 4.79 Å². The van der Waals surface area contributed by atoms with Crippen LogP contribution in [0.15, 0.2) is 0 Å². The maximum Gasteiger partial charge on any atom is 0.410 e. The van der Waals surface area contributed by atoms with Crippen molar-refractivity contribution in [2.75, 3.05) is 13.1 Å². The smallest absolute Gasteiger partial charge is 0.410 e. The lowest BCUT2D eigenvalue weighted by molar-refractivity contribution is 0.0706. The van der Waals surface area contributed by atoms with Gasteiger partial charge in [0.15, 0.2) is 0 Å². The molecule has 1 amide bonds. The molecule has 1 radical (unpaired) electrons. The Bertz CT molecular complexity index is 130. The number of hydrogen-bond donors (Lipinski definition) is 0. The molecule has 1 aliphatic rings. The minimum Gasteiger partial charge on any atom is -0.447 e. The van der Waals surface area contributed by atoms with Crippen LogP contribution in [-0.4, -0.2) is 30.2 Å². The summed E-state index contributed by atoms with van der Waals surface area (Å²) in [5.41, 5.74) is 0. The molecular weight excluding hydrogens is 130 g/mol. The van der Waals surface area contributed by atoms with Gasteiger partial charge in [-0.05, 0) is 13.8 Å². The van der Waals surface area contributed by atoms with Gasteiger partial charge in [0.2, 0.25) is 0 Å². The van der Waals surface area contributed by atoms with Crippen molar-refractivity contribution < 1.29 is 9.53 Å². The summed E-state index contributed by atoms with van der Waals surface area (Å²) >= 11 is 0. The van der Waals surface area contributed by atoms with Crippen molar-refractivity contribution in [2.24, 2.45) is 0 Å². The summed E-state index contributed by atoms with van der Waals surface area (Å²) in [6, 6.07) is 0. The third-order valence-electron chi connectivity index (χ3n) is 1.29. The van der Waals surface area contributed by atoms with E-state index in [0.717, 1.165) is 13.1 Å². The molecule has 0 unspecified atom stereocenters. The Balaban J connectivity index is 2.20. The van der Waals surface area contributed by atoms with Crippen LogP contribution in [0.25, 0.3) is 0 Å². The van der Waals surface area contributed by atoms with E-state index in [1.165, 1.54) is 0 Å². The number of hydrogen-bond acceptors (Lipinski definition) is 2. The third kappa shape index (κ3) is 1.62. The lowest BCUT2D eigenvalue weighted by Crippen LogP contribution is -2.43. The van der Waals surface area contributed by atoms with E-state index >= 15 is 0 Å². The predicted octanol–water partition coefficient (Wildman–Crippen LogP) is 1.05. The normalized spacial score (nSPS) is 16.9. The zero-order valence-corrected chi connectivity index (χ0v) is 6.33. The molecule has 0 aromatic carbocycles. The van der Waals surface area contributed by atoms with Crippen molar-refractivity contribution in [3.8, 4) is 0 Å². The Labute approximate surface area is 61.0 Å². The van der Waals surface area contributed by atoms with E-state index in [0.29, 0.717) is 0 Å². The lowest BCUT2D eigenvalue weighted by atomic mass is 10.2. The van der Waals surface area contributed by atoms with Crippen LogP contribution in [0.4, 0.5) is 4.79 Å². The third-order valence-corrected chi connectivity index (χ3v) is 1.29. The fourth-order valence-electron chi connectivity index (χ4n) is 0.683. The number of amides is 1. The molecule has 1 fully saturated rings. The largest absolute Gasteiger partial charge is 0.447 e. The first-order valence-electron chi connectivity index (χ1n) is 3.47. The van der Waals surface area contributed by atoms with Gasteiger partial charge < -0.3 is 9.64 Å². The van der Waals surface area contributed by atoms with Crippen LogP contribution >= 0.6 is 0 Å². The molecule has 57 valence electrons. The standard InChI is InChI=1S/C7H12NO2/c1-6(2)10-7(9)8-4-3-5-8/h3,6H,4-5H2,1-2H3. The van der Waals surface area contributed by atoms with E-state index < -0.39 is 0 Å². The number of carbonyl (C=O) groups is 1. The Morgan fingerprint density at radius 1 is 1.60 bits per heavy atom. The number of carbonyl (C=O) groups excluding carboxylic acids is 1. The number of nitrogens with zero attached hydrogens (tertiary/aromatic N) is 1. The first-order chi connectivity index (χ1) is 4.70. The molecule has 0 spiro atoms. The van der Waals surface area contributed by atoms with Crippen LogP contribution in [0.3, 0.4) is 0 Å². The first-order valence-corrected chi connectivity index (χ1v) is 3.47. The molecule has 0 aromatic rings. The topological polar surface area (TPSA) is 29.5 Å². The van der Waals surface area contributed by atoms with E-state index in [2.05, 4.69) is 0 Å². The summed E-state index contributed by atoms with van der Waals surface area (Å²) in [6.07, 6.45) is 1.83. The van der Waals surface area contributed by atoms with Gasteiger partial charge in [0, 0.05) is 19.5 Å². The highest BCUT2D eigenvalue weighted by Gasteiger charge is 2.22. The van der Waals surface area contributed by atoms with Gasteiger partial charge in [-0.25, -0.2) is 4.79 Å². The van der Waals surface area contributed by atoms with Gasteiger partial charge >= 0.3 is 6.09 Å². The summed E-state index contributed by atoms with van der Waals surface area (Å²) in [7, 11) is 0. The number of rotatable bonds is 1. The molecule has 1 aliphatic heterocycles. The summed E-state index contributed by atoms with van der Waals surface area (Å²) in [5.74, 6) is 0. The van der Waals surface area contributed by atoms with Crippen LogP contribution in [-0.2, 0) is 4.74 Å². The van der Waals surface area contributed by atoms with Gasteiger partial charge in [-0.3, -0.25) is 0 Å². The van der Waals surface area contributed by atoms with Crippen LogP contribution in [0.2, 0.25) is 0 Å². The lowest BCUT2D eigenvalue weighted by Gasteiger charge is -2.30. The molecule has 0 N–H and O–H groups in total. The van der Waals surface area contributed by atoms with Gasteiger partial charge in [0.1, 0.15) is 0 Å². The van der Waals surface area contributed by atoms with Crippen molar-refractivity contribution in [1.29, 1.82) is 0 Å². The second kappa shape index (κ2) is 2.90. The van der Waals surface area contributed by atoms with Gasteiger partial charge in [-0.15, -0.1) is 0 Å². The van der Waals surface area contributed by atoms with Crippen molar-refractivity contribution in [1.82, 2.24) is 4.90 Å². The molecule has 0 bridgehead atoms. The Morgan fingerprint density at radius 3 is 2.50 bits per heavy atom. The van der Waals surface area contributed by atoms with Crippen LogP contribution in [0.1, 0.15) is 13.8 Å². The zero-order chi connectivity index (χ0) is 7.56. The average Bonchev–Trinajstić information content (AvgIpc) is 1.55. The average molecular weight is 142 g/mol. The molecule has 1 rings (SSSR count). The van der Waals surface area contributed by atoms with E-state index in [4.69, 9.17) is 4.74 Å². The van der Waals surface area contributed by atoms with Gasteiger partial charge in [0.25, 0.3) is 0 Å². The second-order valence-electron chi connectivity index (χ2n) is 2.63. The maximum absolute atomic E-state index is 10.9. The zero-order valence-electron chi connectivity index (χ0n) is 6.33. The van der Waals surface area contributed by atoms with Crippen LogP contribution in [0, 0.1) is 6.42 Å². The summed E-state index contributed by atoms with van der Waals surface area (Å²) in [6.45, 7) is 5.18. The molecular formula is C7H12NO2. The fourth-order valence-corrected chi connectivity index (χ4v) is 0.683. The molecule has 0 saturated carbocycles. The highest BCUT2D eigenvalue weighted by atomic mass is 16.6. The monoisotopic (exact) mass is 142 g/mol. The van der Waals surface area contributed by atoms with E-state index in [1.807, 2.05) is 20.3 Å². The summed E-state index contributed by atoms with van der Waals surface area (Å²) < 4.78 is 4.92. The van der Waals surface area contributed by atoms with Gasteiger partial charge in [0.05, 0.1) is 6.10 Å². The Hall–Kier alpha value is -0.730. The fraction of sp³-hybridized carbons (Fsp3) is 0.714. The first kappa shape index (κ1) is 7.38. The Kier molecular flexibility index (Phi) is 2.14. The highest BCUT2D eigenvalue weighted by molar-refractivity contribution is 5.69. The molecule has 10 heavy (non-hydrogen) atoms. The van der Waals surface area contributed by atoms with Crippen molar-refractivity contribution >= 4 is 6.09 Å². The summed E-state index contributed by atoms with van der Waals surface area (Å²) in [4.78, 5) is 12.6. The van der Waals surface area contributed by atoms with Crippen molar-refractivity contribution in [2.45, 2.75) is 20.0 Å². The van der Waals surface area contributed by atoms with E-state index in [1.54, 1.807) is 4.90 Å². The van der Waals surface area contributed by atoms with Crippen molar-refractivity contribution in [3.63, 3.8) is 0 Å². The molecule has 0 aromatic heterocycles. The maximum atomic E-state index is 10.9. The molecule has 0 atom stereocenters. The minimum absolute atomic E-state index is 0.00639. The second-order valence-corrected chi connectivity index (χ2v) is 2.63. The molecule has 1 heterocycles. The summed E-state index contributed by atoms with van der Waals surface area (Å²) in [5, 5.41) is 0.